The molecule has 0 rings (SSSR count). The number of rotatable bonds is 4. The van der Waals surface area contributed by atoms with E-state index in [0.717, 1.165) is 0 Å². The SMILES string of the molecule is CC(C)(CCCN)C(F)F. The van der Waals surface area contributed by atoms with E-state index >= 15 is 0 Å². The van der Waals surface area contributed by atoms with E-state index in [1.165, 1.54) is 0 Å². The minimum absolute atomic E-state index is 0.496. The molecule has 0 aliphatic rings. The Morgan fingerprint density at radius 3 is 2.20 bits per heavy atom. The van der Waals surface area contributed by atoms with Crippen LogP contribution >= 0.6 is 0 Å². The first-order valence-corrected chi connectivity index (χ1v) is 3.49. The van der Waals surface area contributed by atoms with Gasteiger partial charge in [0.2, 0.25) is 6.43 Å². The maximum absolute atomic E-state index is 12.1. The predicted molar refractivity (Wildman–Crippen MR) is 38.1 cm³/mol. The Hall–Kier alpha value is -0.180. The second kappa shape index (κ2) is 3.86. The zero-order chi connectivity index (χ0) is 8.20. The average molecular weight is 151 g/mol. The summed E-state index contributed by atoms with van der Waals surface area (Å²) in [5, 5.41) is 0. The van der Waals surface area contributed by atoms with Gasteiger partial charge in [0.25, 0.3) is 0 Å². The molecule has 0 aliphatic heterocycles. The molecular weight excluding hydrogens is 136 g/mol. The number of alkyl halides is 2. The minimum atomic E-state index is -2.24. The second-order valence-electron chi connectivity index (χ2n) is 3.18. The zero-order valence-electron chi connectivity index (χ0n) is 6.53. The summed E-state index contributed by atoms with van der Waals surface area (Å²) in [5.74, 6) is 0. The van der Waals surface area contributed by atoms with Gasteiger partial charge in [-0.25, -0.2) is 8.78 Å². The minimum Gasteiger partial charge on any atom is -0.330 e. The van der Waals surface area contributed by atoms with E-state index in [4.69, 9.17) is 5.73 Å². The smallest absolute Gasteiger partial charge is 0.243 e. The van der Waals surface area contributed by atoms with Gasteiger partial charge in [0, 0.05) is 5.41 Å². The van der Waals surface area contributed by atoms with Gasteiger partial charge >= 0.3 is 0 Å². The molecule has 1 nitrogen and oxygen atoms in total. The maximum atomic E-state index is 12.1. The normalized spacial score (nSPS) is 12.6. The molecule has 0 aromatic heterocycles. The molecular formula is C7H15F2N. The molecule has 0 bridgehead atoms. The van der Waals surface area contributed by atoms with Crippen molar-refractivity contribution < 1.29 is 8.78 Å². The van der Waals surface area contributed by atoms with Gasteiger partial charge in [0.15, 0.2) is 0 Å². The number of hydrogen-bond acceptors (Lipinski definition) is 1. The molecule has 0 saturated carbocycles. The molecule has 0 radical (unpaired) electrons. The highest BCUT2D eigenvalue weighted by Gasteiger charge is 2.28. The molecule has 0 fully saturated rings. The van der Waals surface area contributed by atoms with Gasteiger partial charge in [0.1, 0.15) is 0 Å². The molecule has 0 amide bonds. The highest BCUT2D eigenvalue weighted by molar-refractivity contribution is 4.70. The van der Waals surface area contributed by atoms with Crippen molar-refractivity contribution in [1.82, 2.24) is 0 Å². The topological polar surface area (TPSA) is 26.0 Å². The third-order valence-electron chi connectivity index (χ3n) is 1.62. The third kappa shape index (κ3) is 3.11. The first kappa shape index (κ1) is 9.82. The molecule has 0 heterocycles. The standard InChI is InChI=1S/C7H15F2N/c1-7(2,6(8)9)4-3-5-10/h6H,3-5,10H2,1-2H3. The summed E-state index contributed by atoms with van der Waals surface area (Å²) in [6.45, 7) is 3.62. The fourth-order valence-electron chi connectivity index (χ4n) is 0.667. The summed E-state index contributed by atoms with van der Waals surface area (Å²) in [6, 6.07) is 0. The summed E-state index contributed by atoms with van der Waals surface area (Å²) in [4.78, 5) is 0. The molecule has 62 valence electrons. The molecule has 0 aromatic carbocycles. The monoisotopic (exact) mass is 151 g/mol. The first-order chi connectivity index (χ1) is 4.50. The van der Waals surface area contributed by atoms with E-state index in [1.807, 2.05) is 0 Å². The van der Waals surface area contributed by atoms with Crippen molar-refractivity contribution in [2.75, 3.05) is 6.54 Å². The lowest BCUT2D eigenvalue weighted by molar-refractivity contribution is 0.0133. The Kier molecular flexibility index (Phi) is 3.79. The fourth-order valence-corrected chi connectivity index (χ4v) is 0.667. The summed E-state index contributed by atoms with van der Waals surface area (Å²) in [7, 11) is 0. The molecule has 0 spiro atoms. The van der Waals surface area contributed by atoms with E-state index in [9.17, 15) is 8.78 Å². The highest BCUT2D eigenvalue weighted by Crippen LogP contribution is 2.29. The van der Waals surface area contributed by atoms with Gasteiger partial charge in [-0.15, -0.1) is 0 Å². The third-order valence-corrected chi connectivity index (χ3v) is 1.62. The van der Waals surface area contributed by atoms with Crippen LogP contribution in [-0.4, -0.2) is 13.0 Å². The number of nitrogens with two attached hydrogens (primary N) is 1. The largest absolute Gasteiger partial charge is 0.330 e. The fraction of sp³-hybridized carbons (Fsp3) is 1.00. The number of hydrogen-bond donors (Lipinski definition) is 1. The molecule has 0 atom stereocenters. The van der Waals surface area contributed by atoms with Crippen LogP contribution < -0.4 is 5.73 Å². The van der Waals surface area contributed by atoms with E-state index in [2.05, 4.69) is 0 Å². The van der Waals surface area contributed by atoms with Crippen LogP contribution in [0.15, 0.2) is 0 Å². The van der Waals surface area contributed by atoms with Crippen molar-refractivity contribution in [2.24, 2.45) is 11.1 Å². The number of halogens is 2. The average Bonchev–Trinajstić information content (AvgIpc) is 1.84. The van der Waals surface area contributed by atoms with Gasteiger partial charge in [-0.2, -0.15) is 0 Å². The lowest BCUT2D eigenvalue weighted by Gasteiger charge is -2.22. The van der Waals surface area contributed by atoms with Gasteiger partial charge < -0.3 is 5.73 Å². The van der Waals surface area contributed by atoms with Gasteiger partial charge in [-0.3, -0.25) is 0 Å². The molecule has 3 heteroatoms. The van der Waals surface area contributed by atoms with Gasteiger partial charge in [-0.1, -0.05) is 13.8 Å². The van der Waals surface area contributed by atoms with Crippen molar-refractivity contribution in [3.8, 4) is 0 Å². The molecule has 0 aromatic rings. The Balaban J connectivity index is 3.63. The first-order valence-electron chi connectivity index (χ1n) is 3.49. The summed E-state index contributed by atoms with van der Waals surface area (Å²) < 4.78 is 24.2. The zero-order valence-corrected chi connectivity index (χ0v) is 6.53. The quantitative estimate of drug-likeness (QED) is 0.653. The van der Waals surface area contributed by atoms with Gasteiger partial charge in [-0.05, 0) is 19.4 Å². The molecule has 10 heavy (non-hydrogen) atoms. The van der Waals surface area contributed by atoms with Crippen LogP contribution in [0.3, 0.4) is 0 Å². The van der Waals surface area contributed by atoms with Crippen molar-refractivity contribution in [1.29, 1.82) is 0 Å². The van der Waals surface area contributed by atoms with Crippen LogP contribution in [0.4, 0.5) is 8.78 Å². The van der Waals surface area contributed by atoms with Crippen LogP contribution in [-0.2, 0) is 0 Å². The van der Waals surface area contributed by atoms with Crippen molar-refractivity contribution in [3.05, 3.63) is 0 Å². The van der Waals surface area contributed by atoms with E-state index in [0.29, 0.717) is 19.4 Å². The van der Waals surface area contributed by atoms with E-state index in [-0.39, 0.29) is 0 Å². The van der Waals surface area contributed by atoms with Crippen molar-refractivity contribution >= 4 is 0 Å². The molecule has 0 unspecified atom stereocenters. The second-order valence-corrected chi connectivity index (χ2v) is 3.18. The van der Waals surface area contributed by atoms with E-state index in [1.54, 1.807) is 13.8 Å². The van der Waals surface area contributed by atoms with Crippen molar-refractivity contribution in [2.45, 2.75) is 33.1 Å². The van der Waals surface area contributed by atoms with E-state index < -0.39 is 11.8 Å². The molecule has 0 aliphatic carbocycles. The van der Waals surface area contributed by atoms with Crippen LogP contribution in [0, 0.1) is 5.41 Å². The molecule has 0 saturated heterocycles. The summed E-state index contributed by atoms with van der Waals surface area (Å²) >= 11 is 0. The van der Waals surface area contributed by atoms with Gasteiger partial charge in [0.05, 0.1) is 0 Å². The lowest BCUT2D eigenvalue weighted by Crippen LogP contribution is -2.22. The highest BCUT2D eigenvalue weighted by atomic mass is 19.3. The Morgan fingerprint density at radius 1 is 1.40 bits per heavy atom. The lowest BCUT2D eigenvalue weighted by atomic mass is 9.88. The van der Waals surface area contributed by atoms with Crippen LogP contribution in [0.2, 0.25) is 0 Å². The summed E-state index contributed by atoms with van der Waals surface area (Å²) in [6.07, 6.45) is -1.06. The van der Waals surface area contributed by atoms with Crippen LogP contribution in [0.5, 0.6) is 0 Å². The Morgan fingerprint density at radius 2 is 1.90 bits per heavy atom. The predicted octanol–water partition coefficient (Wildman–Crippen LogP) is 2.02. The van der Waals surface area contributed by atoms with Crippen LogP contribution in [0.25, 0.3) is 0 Å². The Labute approximate surface area is 60.6 Å². The summed E-state index contributed by atoms with van der Waals surface area (Å²) in [5.41, 5.74) is 4.33. The molecule has 2 N–H and O–H groups in total. The van der Waals surface area contributed by atoms with Crippen LogP contribution in [0.1, 0.15) is 26.7 Å². The maximum Gasteiger partial charge on any atom is 0.243 e. The Bertz CT molecular complexity index is 91.6. The van der Waals surface area contributed by atoms with Crippen molar-refractivity contribution in [3.63, 3.8) is 0 Å².